The summed E-state index contributed by atoms with van der Waals surface area (Å²) in [6.07, 6.45) is 0.855. The number of fused-ring (bicyclic) bond motifs is 6. The van der Waals surface area contributed by atoms with E-state index in [4.69, 9.17) is 4.74 Å². The number of ether oxygens (including phenoxy) is 1. The minimum absolute atomic E-state index is 0.0213. The van der Waals surface area contributed by atoms with Gasteiger partial charge in [-0.05, 0) is 95.1 Å². The van der Waals surface area contributed by atoms with Gasteiger partial charge in [-0.2, -0.15) is 0 Å². The standard InChI is InChI=1S/C45H32O2/c46-25-26-47-44-24-23-42(38-15-5-6-16-40(38)44)45-41(37-18-8-12-30-10-2-4-14-34(30)37)22-21-39-36-20-19-31(27-32(36)28-43(39)45)35-17-7-11-29-9-1-3-13-33(29)35/h1-24,27,46H,25-26,28H2. The molecule has 0 heterocycles. The Morgan fingerprint density at radius 1 is 0.468 bits per heavy atom. The lowest BCUT2D eigenvalue weighted by Crippen LogP contribution is -2.02. The third-order valence-electron chi connectivity index (χ3n) is 9.76. The molecule has 2 heteroatoms. The molecule has 0 spiro atoms. The second-order valence-corrected chi connectivity index (χ2v) is 12.3. The van der Waals surface area contributed by atoms with Gasteiger partial charge >= 0.3 is 0 Å². The Hall–Kier alpha value is -5.70. The average molecular weight is 605 g/mol. The quantitative estimate of drug-likeness (QED) is 0.205. The molecule has 0 saturated carbocycles. The van der Waals surface area contributed by atoms with Gasteiger partial charge in [0.1, 0.15) is 12.4 Å². The Kier molecular flexibility index (Phi) is 6.62. The van der Waals surface area contributed by atoms with E-state index in [1.807, 2.05) is 0 Å². The van der Waals surface area contributed by atoms with Crippen molar-refractivity contribution >= 4 is 32.3 Å². The summed E-state index contributed by atoms with van der Waals surface area (Å²) in [6.45, 7) is 0.242. The van der Waals surface area contributed by atoms with E-state index < -0.39 is 0 Å². The average Bonchev–Trinajstić information content (AvgIpc) is 3.51. The van der Waals surface area contributed by atoms with E-state index in [1.165, 1.54) is 77.2 Å². The highest BCUT2D eigenvalue weighted by atomic mass is 16.5. The van der Waals surface area contributed by atoms with E-state index in [0.717, 1.165) is 22.9 Å². The molecule has 0 saturated heterocycles. The maximum atomic E-state index is 9.49. The summed E-state index contributed by atoms with van der Waals surface area (Å²) >= 11 is 0. The first-order valence-corrected chi connectivity index (χ1v) is 16.3. The third-order valence-corrected chi connectivity index (χ3v) is 9.76. The first-order chi connectivity index (χ1) is 23.3. The Labute approximate surface area is 274 Å². The zero-order chi connectivity index (χ0) is 31.3. The van der Waals surface area contributed by atoms with E-state index in [1.54, 1.807) is 0 Å². The number of aliphatic hydroxyl groups is 1. The normalized spacial score (nSPS) is 12.0. The van der Waals surface area contributed by atoms with Crippen LogP contribution in [0.25, 0.3) is 76.8 Å². The fourth-order valence-electron chi connectivity index (χ4n) is 7.68. The van der Waals surface area contributed by atoms with Crippen LogP contribution in [0.2, 0.25) is 0 Å². The molecule has 1 N–H and O–H groups in total. The van der Waals surface area contributed by atoms with Gasteiger partial charge < -0.3 is 9.84 Å². The van der Waals surface area contributed by atoms with Crippen LogP contribution in [0, 0.1) is 0 Å². The number of benzene rings is 8. The minimum Gasteiger partial charge on any atom is -0.491 e. The minimum atomic E-state index is -0.0213. The van der Waals surface area contributed by atoms with Crippen LogP contribution < -0.4 is 4.74 Å². The molecule has 9 rings (SSSR count). The molecule has 0 atom stereocenters. The molecule has 8 aromatic carbocycles. The van der Waals surface area contributed by atoms with Gasteiger partial charge in [-0.25, -0.2) is 0 Å². The number of hydrogen-bond donors (Lipinski definition) is 1. The molecule has 0 radical (unpaired) electrons. The predicted molar refractivity (Wildman–Crippen MR) is 196 cm³/mol. The highest BCUT2D eigenvalue weighted by molar-refractivity contribution is 6.09. The van der Waals surface area contributed by atoms with Crippen LogP contribution in [0.4, 0.5) is 0 Å². The molecule has 0 amide bonds. The van der Waals surface area contributed by atoms with Crippen molar-refractivity contribution in [1.29, 1.82) is 0 Å². The Bertz CT molecular complexity index is 2480. The van der Waals surface area contributed by atoms with Crippen molar-refractivity contribution in [2.24, 2.45) is 0 Å². The van der Waals surface area contributed by atoms with Crippen LogP contribution in [0.1, 0.15) is 11.1 Å². The van der Waals surface area contributed by atoms with E-state index in [2.05, 4.69) is 152 Å². The van der Waals surface area contributed by atoms with E-state index in [9.17, 15) is 5.11 Å². The summed E-state index contributed by atoms with van der Waals surface area (Å²) in [7, 11) is 0. The van der Waals surface area contributed by atoms with Crippen LogP contribution in [-0.2, 0) is 6.42 Å². The highest BCUT2D eigenvalue weighted by Gasteiger charge is 2.27. The molecule has 0 bridgehead atoms. The molecule has 0 aliphatic heterocycles. The van der Waals surface area contributed by atoms with E-state index >= 15 is 0 Å². The molecule has 2 nitrogen and oxygen atoms in total. The highest BCUT2D eigenvalue weighted by Crippen LogP contribution is 2.50. The smallest absolute Gasteiger partial charge is 0.127 e. The number of hydrogen-bond acceptors (Lipinski definition) is 2. The Balaban J connectivity index is 1.28. The molecule has 1 aliphatic carbocycles. The molecular weight excluding hydrogens is 572 g/mol. The number of rotatable bonds is 6. The van der Waals surface area contributed by atoms with Crippen LogP contribution in [0.5, 0.6) is 5.75 Å². The maximum Gasteiger partial charge on any atom is 0.127 e. The Morgan fingerprint density at radius 2 is 1.06 bits per heavy atom. The van der Waals surface area contributed by atoms with Crippen LogP contribution in [0.3, 0.4) is 0 Å². The molecule has 0 unspecified atom stereocenters. The van der Waals surface area contributed by atoms with Crippen molar-refractivity contribution in [3.05, 3.63) is 163 Å². The molecule has 47 heavy (non-hydrogen) atoms. The topological polar surface area (TPSA) is 29.5 Å². The fourth-order valence-corrected chi connectivity index (χ4v) is 7.68. The molecule has 224 valence electrons. The molecule has 0 aromatic heterocycles. The zero-order valence-corrected chi connectivity index (χ0v) is 25.9. The molecule has 1 aliphatic rings. The van der Waals surface area contributed by atoms with Gasteiger partial charge in [-0.15, -0.1) is 0 Å². The summed E-state index contributed by atoms with van der Waals surface area (Å²) < 4.78 is 6.01. The zero-order valence-electron chi connectivity index (χ0n) is 25.9. The van der Waals surface area contributed by atoms with E-state index in [-0.39, 0.29) is 13.2 Å². The number of aliphatic hydroxyl groups excluding tert-OH is 1. The lowest BCUT2D eigenvalue weighted by Gasteiger charge is -2.20. The largest absolute Gasteiger partial charge is 0.491 e. The summed E-state index contributed by atoms with van der Waals surface area (Å²) in [5.41, 5.74) is 12.8. The second kappa shape index (κ2) is 11.3. The van der Waals surface area contributed by atoms with Gasteiger partial charge in [0.2, 0.25) is 0 Å². The van der Waals surface area contributed by atoms with Crippen LogP contribution >= 0.6 is 0 Å². The first-order valence-electron chi connectivity index (χ1n) is 16.3. The first kappa shape index (κ1) is 27.6. The van der Waals surface area contributed by atoms with Gasteiger partial charge in [0.05, 0.1) is 6.61 Å². The van der Waals surface area contributed by atoms with Crippen LogP contribution in [0.15, 0.2) is 152 Å². The Morgan fingerprint density at radius 3 is 1.83 bits per heavy atom. The lowest BCUT2D eigenvalue weighted by atomic mass is 9.84. The summed E-state index contributed by atoms with van der Waals surface area (Å²) in [6, 6.07) is 55.0. The van der Waals surface area contributed by atoms with E-state index in [0.29, 0.717) is 0 Å². The SMILES string of the molecule is OCCOc1ccc(-c2c(-c3cccc4ccccc34)ccc3c2Cc2cc(-c4cccc5ccccc45)ccc2-3)c2ccccc12. The molecule has 0 fully saturated rings. The van der Waals surface area contributed by atoms with Crippen molar-refractivity contribution in [2.45, 2.75) is 6.42 Å². The molecular formula is C45H32O2. The van der Waals surface area contributed by atoms with Crippen molar-refractivity contribution < 1.29 is 9.84 Å². The second-order valence-electron chi connectivity index (χ2n) is 12.3. The van der Waals surface area contributed by atoms with Gasteiger partial charge in [0.25, 0.3) is 0 Å². The maximum absolute atomic E-state index is 9.49. The summed E-state index contributed by atoms with van der Waals surface area (Å²) in [5, 5.41) is 16.7. The van der Waals surface area contributed by atoms with Crippen molar-refractivity contribution in [2.75, 3.05) is 13.2 Å². The summed E-state index contributed by atoms with van der Waals surface area (Å²) in [5.74, 6) is 0.792. The molecule has 8 aromatic rings. The monoisotopic (exact) mass is 604 g/mol. The van der Waals surface area contributed by atoms with Crippen LogP contribution in [-0.4, -0.2) is 18.3 Å². The summed E-state index contributed by atoms with van der Waals surface area (Å²) in [4.78, 5) is 0. The van der Waals surface area contributed by atoms with Crippen molar-refractivity contribution in [1.82, 2.24) is 0 Å². The van der Waals surface area contributed by atoms with Gasteiger partial charge in [-0.1, -0.05) is 146 Å². The van der Waals surface area contributed by atoms with Gasteiger partial charge in [-0.3, -0.25) is 0 Å². The van der Waals surface area contributed by atoms with Gasteiger partial charge in [0.15, 0.2) is 0 Å². The third kappa shape index (κ3) is 4.52. The lowest BCUT2D eigenvalue weighted by molar-refractivity contribution is 0.203. The fraction of sp³-hybridized carbons (Fsp3) is 0.0667. The van der Waals surface area contributed by atoms with Crippen molar-refractivity contribution in [3.63, 3.8) is 0 Å². The van der Waals surface area contributed by atoms with Gasteiger partial charge in [0, 0.05) is 5.39 Å². The van der Waals surface area contributed by atoms with Crippen molar-refractivity contribution in [3.8, 4) is 50.3 Å². The predicted octanol–water partition coefficient (Wildman–Crippen LogP) is 11.1.